The van der Waals surface area contributed by atoms with Crippen molar-refractivity contribution in [2.45, 2.75) is 45.6 Å². The normalized spacial score (nSPS) is 16.6. The van der Waals surface area contributed by atoms with E-state index in [9.17, 15) is 9.59 Å². The number of nitrogens with zero attached hydrogens (tertiary/aromatic N) is 1. The number of ether oxygens (including phenoxy) is 1. The summed E-state index contributed by atoms with van der Waals surface area (Å²) in [5, 5.41) is 1.05. The highest BCUT2D eigenvalue weighted by Gasteiger charge is 2.33. The second kappa shape index (κ2) is 6.93. The van der Waals surface area contributed by atoms with Crippen molar-refractivity contribution in [2.75, 3.05) is 0 Å². The maximum atomic E-state index is 13.3. The maximum absolute atomic E-state index is 13.3. The summed E-state index contributed by atoms with van der Waals surface area (Å²) in [5.74, 6) is -0.337. The molecule has 0 radical (unpaired) electrons. The molecule has 1 aliphatic carbocycles. The molecular formula is C24H25NO3. The first-order chi connectivity index (χ1) is 13.3. The molecule has 0 amide bonds. The highest BCUT2D eigenvalue weighted by atomic mass is 16.6. The lowest BCUT2D eigenvalue weighted by Crippen LogP contribution is -2.32. The van der Waals surface area contributed by atoms with Crippen molar-refractivity contribution in [3.63, 3.8) is 0 Å². The zero-order chi connectivity index (χ0) is 19.9. The van der Waals surface area contributed by atoms with E-state index in [1.54, 1.807) is 0 Å². The molecule has 0 bridgehead atoms. The molecule has 1 aliphatic rings. The summed E-state index contributed by atoms with van der Waals surface area (Å²) in [5.41, 5.74) is 3.21. The largest absolute Gasteiger partial charge is 0.460 e. The molecule has 1 atom stereocenters. The van der Waals surface area contributed by atoms with E-state index < -0.39 is 5.60 Å². The number of para-hydroxylation sites is 1. The summed E-state index contributed by atoms with van der Waals surface area (Å²) in [6.07, 6.45) is 1.99. The monoisotopic (exact) mass is 375 g/mol. The van der Waals surface area contributed by atoms with Gasteiger partial charge in [-0.15, -0.1) is 0 Å². The van der Waals surface area contributed by atoms with Gasteiger partial charge in [0.1, 0.15) is 5.60 Å². The molecule has 0 fully saturated rings. The number of fused-ring (bicyclic) bond motifs is 3. The topological polar surface area (TPSA) is 48.3 Å². The van der Waals surface area contributed by atoms with Gasteiger partial charge in [0.25, 0.3) is 5.91 Å². The lowest BCUT2D eigenvalue weighted by molar-refractivity contribution is -0.160. The number of benzene rings is 2. The summed E-state index contributed by atoms with van der Waals surface area (Å²) in [4.78, 5) is 25.9. The second-order valence-corrected chi connectivity index (χ2v) is 8.42. The minimum absolute atomic E-state index is 0.0197. The van der Waals surface area contributed by atoms with Gasteiger partial charge in [0.2, 0.25) is 0 Å². The Hall–Kier alpha value is -2.88. The van der Waals surface area contributed by atoms with Crippen LogP contribution >= 0.6 is 0 Å². The van der Waals surface area contributed by atoms with Crippen molar-refractivity contribution < 1.29 is 14.3 Å². The highest BCUT2D eigenvalue weighted by molar-refractivity contribution is 6.04. The van der Waals surface area contributed by atoms with E-state index in [0.717, 1.165) is 22.2 Å². The van der Waals surface area contributed by atoms with E-state index in [1.165, 1.54) is 0 Å². The van der Waals surface area contributed by atoms with Crippen LogP contribution in [0.1, 0.15) is 48.8 Å². The van der Waals surface area contributed by atoms with E-state index in [0.29, 0.717) is 24.8 Å². The van der Waals surface area contributed by atoms with Crippen LogP contribution in [0, 0.1) is 5.92 Å². The Balaban J connectivity index is 1.76. The fourth-order valence-corrected chi connectivity index (χ4v) is 4.04. The Labute approximate surface area is 165 Å². The number of hydrogen-bond donors (Lipinski definition) is 0. The van der Waals surface area contributed by atoms with Crippen LogP contribution in [0.2, 0.25) is 0 Å². The van der Waals surface area contributed by atoms with Crippen LogP contribution < -0.4 is 0 Å². The third kappa shape index (κ3) is 3.35. The van der Waals surface area contributed by atoms with Gasteiger partial charge in [-0.2, -0.15) is 0 Å². The molecule has 1 aromatic heterocycles. The number of rotatable bonds is 2. The average molecular weight is 375 g/mol. The molecule has 0 N–H and O–H groups in total. The van der Waals surface area contributed by atoms with E-state index in [-0.39, 0.29) is 17.8 Å². The highest BCUT2D eigenvalue weighted by Crippen LogP contribution is 2.35. The van der Waals surface area contributed by atoms with Gasteiger partial charge < -0.3 is 4.74 Å². The summed E-state index contributed by atoms with van der Waals surface area (Å²) < 4.78 is 7.45. The van der Waals surface area contributed by atoms with Crippen LogP contribution in [0.4, 0.5) is 0 Å². The Bertz CT molecular complexity index is 1040. The van der Waals surface area contributed by atoms with Crippen LogP contribution in [0.25, 0.3) is 10.9 Å². The molecule has 4 heteroatoms. The van der Waals surface area contributed by atoms with Crippen LogP contribution in [0.15, 0.2) is 54.6 Å². The number of carbonyl (C=O) groups excluding carboxylic acids is 2. The van der Waals surface area contributed by atoms with Crippen molar-refractivity contribution >= 4 is 22.8 Å². The molecule has 1 unspecified atom stereocenters. The summed E-state index contributed by atoms with van der Waals surface area (Å²) in [6.45, 7) is 5.68. The van der Waals surface area contributed by atoms with Gasteiger partial charge in [0.15, 0.2) is 0 Å². The minimum atomic E-state index is -0.491. The summed E-state index contributed by atoms with van der Waals surface area (Å²) in [7, 11) is 0. The SMILES string of the molecule is CC(C)(C)OC(=O)C1CCc2c(c3ccccc3n2C(=O)c2ccccc2)C1. The fraction of sp³-hybridized carbons (Fsp3) is 0.333. The van der Waals surface area contributed by atoms with Crippen LogP contribution in [-0.4, -0.2) is 22.0 Å². The van der Waals surface area contributed by atoms with Crippen molar-refractivity contribution in [1.82, 2.24) is 4.57 Å². The quantitative estimate of drug-likeness (QED) is 0.606. The summed E-state index contributed by atoms with van der Waals surface area (Å²) >= 11 is 0. The van der Waals surface area contributed by atoms with Gasteiger partial charge in [0.05, 0.1) is 11.4 Å². The van der Waals surface area contributed by atoms with Gasteiger partial charge in [-0.1, -0.05) is 36.4 Å². The fourth-order valence-electron chi connectivity index (χ4n) is 4.04. The van der Waals surface area contributed by atoms with Gasteiger partial charge in [-0.05, 0) is 63.8 Å². The van der Waals surface area contributed by atoms with Gasteiger partial charge in [0, 0.05) is 16.6 Å². The molecule has 4 nitrogen and oxygen atoms in total. The zero-order valence-corrected chi connectivity index (χ0v) is 16.6. The maximum Gasteiger partial charge on any atom is 0.309 e. The Morgan fingerprint density at radius 1 is 1.00 bits per heavy atom. The third-order valence-electron chi connectivity index (χ3n) is 5.23. The van der Waals surface area contributed by atoms with E-state index in [4.69, 9.17) is 4.74 Å². The van der Waals surface area contributed by atoms with Crippen molar-refractivity contribution in [3.05, 3.63) is 71.4 Å². The first-order valence-corrected chi connectivity index (χ1v) is 9.79. The Kier molecular flexibility index (Phi) is 4.58. The van der Waals surface area contributed by atoms with E-state index in [2.05, 4.69) is 0 Å². The lowest BCUT2D eigenvalue weighted by Gasteiger charge is -2.27. The average Bonchev–Trinajstić information content (AvgIpc) is 3.00. The molecule has 4 rings (SSSR count). The Morgan fingerprint density at radius 2 is 1.68 bits per heavy atom. The molecule has 2 aromatic carbocycles. The molecule has 3 aromatic rings. The molecule has 28 heavy (non-hydrogen) atoms. The van der Waals surface area contributed by atoms with Gasteiger partial charge >= 0.3 is 5.97 Å². The molecule has 0 saturated carbocycles. The second-order valence-electron chi connectivity index (χ2n) is 8.42. The van der Waals surface area contributed by atoms with E-state index in [1.807, 2.05) is 79.9 Å². The van der Waals surface area contributed by atoms with Crippen LogP contribution in [-0.2, 0) is 22.4 Å². The number of hydrogen-bond acceptors (Lipinski definition) is 3. The first kappa shape index (κ1) is 18.5. The number of carbonyl (C=O) groups is 2. The third-order valence-corrected chi connectivity index (χ3v) is 5.23. The smallest absolute Gasteiger partial charge is 0.309 e. The van der Waals surface area contributed by atoms with E-state index >= 15 is 0 Å². The standard InChI is InChI=1S/C24H25NO3/c1-24(2,3)28-23(27)17-13-14-21-19(15-17)18-11-7-8-12-20(18)25(21)22(26)16-9-5-4-6-10-16/h4-12,17H,13-15H2,1-3H3. The minimum Gasteiger partial charge on any atom is -0.460 e. The molecule has 1 heterocycles. The van der Waals surface area contributed by atoms with Gasteiger partial charge in [-0.25, -0.2) is 0 Å². The van der Waals surface area contributed by atoms with Gasteiger partial charge in [-0.3, -0.25) is 14.2 Å². The van der Waals surface area contributed by atoms with Crippen molar-refractivity contribution in [1.29, 1.82) is 0 Å². The number of esters is 1. The van der Waals surface area contributed by atoms with Crippen molar-refractivity contribution in [2.24, 2.45) is 5.92 Å². The first-order valence-electron chi connectivity index (χ1n) is 9.79. The molecule has 0 saturated heterocycles. The summed E-state index contributed by atoms with van der Waals surface area (Å²) in [6, 6.07) is 17.3. The van der Waals surface area contributed by atoms with Crippen LogP contribution in [0.5, 0.6) is 0 Å². The van der Waals surface area contributed by atoms with Crippen LogP contribution in [0.3, 0.4) is 0 Å². The zero-order valence-electron chi connectivity index (χ0n) is 16.6. The predicted molar refractivity (Wildman–Crippen MR) is 109 cm³/mol. The molecule has 0 aliphatic heterocycles. The Morgan fingerprint density at radius 3 is 2.39 bits per heavy atom. The lowest BCUT2D eigenvalue weighted by atomic mass is 9.86. The molecule has 144 valence electrons. The predicted octanol–water partition coefficient (Wildman–Crippen LogP) is 4.78. The number of aromatic nitrogens is 1. The molecular weight excluding hydrogens is 350 g/mol. The molecule has 0 spiro atoms. The van der Waals surface area contributed by atoms with Crippen molar-refractivity contribution in [3.8, 4) is 0 Å².